The summed E-state index contributed by atoms with van der Waals surface area (Å²) in [4.78, 5) is 13.2. The Morgan fingerprint density at radius 3 is 2.72 bits per heavy atom. The van der Waals surface area contributed by atoms with E-state index >= 15 is 0 Å². The predicted molar refractivity (Wildman–Crippen MR) is 64.2 cm³/mol. The lowest BCUT2D eigenvalue weighted by atomic mass is 10.1. The molecule has 0 spiro atoms. The summed E-state index contributed by atoms with van der Waals surface area (Å²) >= 11 is 3.07. The molecule has 1 aliphatic rings. The van der Waals surface area contributed by atoms with Crippen molar-refractivity contribution >= 4 is 21.8 Å². The molecule has 98 valence electrons. The number of carbonyl (C=O) groups excluding carboxylic acids is 1. The third-order valence-corrected chi connectivity index (χ3v) is 3.50. The summed E-state index contributed by atoms with van der Waals surface area (Å²) in [5, 5.41) is 0. The van der Waals surface area contributed by atoms with Gasteiger partial charge in [-0.2, -0.15) is 0 Å². The Balaban J connectivity index is 2.20. The summed E-state index contributed by atoms with van der Waals surface area (Å²) in [6, 6.07) is 3.59. The van der Waals surface area contributed by atoms with Crippen LogP contribution in [0.25, 0.3) is 0 Å². The van der Waals surface area contributed by atoms with Gasteiger partial charge >= 0.3 is 0 Å². The fourth-order valence-electron chi connectivity index (χ4n) is 1.97. The summed E-state index contributed by atoms with van der Waals surface area (Å²) in [6.07, 6.45) is 0.0823. The van der Waals surface area contributed by atoms with Gasteiger partial charge < -0.3 is 4.90 Å². The van der Waals surface area contributed by atoms with Gasteiger partial charge in [0.05, 0.1) is 12.1 Å². The number of alkyl halides is 2. The molecule has 0 saturated carbocycles. The number of halogens is 4. The van der Waals surface area contributed by atoms with Crippen LogP contribution in [-0.2, 0) is 0 Å². The minimum atomic E-state index is -2.83. The molecule has 2 nitrogen and oxygen atoms in total. The number of amides is 1. The molecule has 0 aliphatic carbocycles. The highest BCUT2D eigenvalue weighted by atomic mass is 79.9. The van der Waals surface area contributed by atoms with Crippen molar-refractivity contribution in [2.75, 3.05) is 13.1 Å². The quantitative estimate of drug-likeness (QED) is 0.775. The van der Waals surface area contributed by atoms with Crippen molar-refractivity contribution in [2.24, 2.45) is 0 Å². The van der Waals surface area contributed by atoms with Crippen LogP contribution in [0.15, 0.2) is 22.7 Å². The Morgan fingerprint density at radius 1 is 1.39 bits per heavy atom. The number of rotatable bonds is 1. The zero-order valence-electron chi connectivity index (χ0n) is 9.43. The number of hydrogen-bond donors (Lipinski definition) is 0. The second-order valence-electron chi connectivity index (χ2n) is 4.31. The van der Waals surface area contributed by atoms with E-state index in [0.717, 1.165) is 17.0 Å². The molecule has 6 heteroatoms. The molecule has 1 heterocycles. The Morgan fingerprint density at radius 2 is 2.11 bits per heavy atom. The Bertz CT molecular complexity index is 478. The molecule has 0 bridgehead atoms. The Hall–Kier alpha value is -1.04. The number of hydrogen-bond acceptors (Lipinski definition) is 1. The molecule has 1 fully saturated rings. The van der Waals surface area contributed by atoms with E-state index in [0.29, 0.717) is 6.54 Å². The highest BCUT2D eigenvalue weighted by Gasteiger charge is 2.37. The topological polar surface area (TPSA) is 20.3 Å². The summed E-state index contributed by atoms with van der Waals surface area (Å²) in [7, 11) is 0. The van der Waals surface area contributed by atoms with Gasteiger partial charge in [-0.3, -0.25) is 4.79 Å². The maximum Gasteiger partial charge on any atom is 0.265 e. The van der Waals surface area contributed by atoms with Crippen molar-refractivity contribution < 1.29 is 18.0 Å². The lowest BCUT2D eigenvalue weighted by Crippen LogP contribution is -2.45. The van der Waals surface area contributed by atoms with Crippen LogP contribution in [-0.4, -0.2) is 29.8 Å². The molecule has 1 aromatic rings. The molecular formula is C12H11BrF3NO. The molecule has 0 N–H and O–H groups in total. The van der Waals surface area contributed by atoms with Crippen LogP contribution in [0.3, 0.4) is 0 Å². The largest absolute Gasteiger partial charge is 0.333 e. The highest BCUT2D eigenvalue weighted by molar-refractivity contribution is 9.10. The average Bonchev–Trinajstić information content (AvgIpc) is 2.27. The second-order valence-corrected chi connectivity index (χ2v) is 5.16. The lowest BCUT2D eigenvalue weighted by molar-refractivity contribution is -0.0560. The Labute approximate surface area is 111 Å². The molecular weight excluding hydrogens is 311 g/mol. The third kappa shape index (κ3) is 2.85. The first-order valence-electron chi connectivity index (χ1n) is 5.51. The molecule has 2 rings (SSSR count). The van der Waals surface area contributed by atoms with Crippen LogP contribution in [0.2, 0.25) is 0 Å². The van der Waals surface area contributed by atoms with Gasteiger partial charge in [0.15, 0.2) is 0 Å². The number of piperidine rings is 1. The van der Waals surface area contributed by atoms with Gasteiger partial charge in [0.1, 0.15) is 5.82 Å². The van der Waals surface area contributed by atoms with Gasteiger partial charge in [-0.1, -0.05) is 0 Å². The minimum absolute atomic E-state index is 0.193. The van der Waals surface area contributed by atoms with Crippen LogP contribution >= 0.6 is 15.9 Å². The summed E-state index contributed by atoms with van der Waals surface area (Å²) < 4.78 is 39.6. The standard InChI is InChI=1S/C12H11BrF3NO/c13-10-6-8(14)2-3-9(10)11(18)17-5-1-4-12(15,16)7-17/h2-3,6H,1,4-5,7H2. The number of carbonyl (C=O) groups is 1. The van der Waals surface area contributed by atoms with Crippen LogP contribution in [0.5, 0.6) is 0 Å². The van der Waals surface area contributed by atoms with Crippen LogP contribution in [0.4, 0.5) is 13.2 Å². The molecule has 1 saturated heterocycles. The smallest absolute Gasteiger partial charge is 0.265 e. The van der Waals surface area contributed by atoms with Crippen molar-refractivity contribution in [3.05, 3.63) is 34.1 Å². The fraction of sp³-hybridized carbons (Fsp3) is 0.417. The number of nitrogens with zero attached hydrogens (tertiary/aromatic N) is 1. The molecule has 1 aliphatic heterocycles. The first-order chi connectivity index (χ1) is 8.39. The fourth-order valence-corrected chi connectivity index (χ4v) is 2.49. The van der Waals surface area contributed by atoms with E-state index in [2.05, 4.69) is 15.9 Å². The SMILES string of the molecule is O=C(c1ccc(F)cc1Br)N1CCCC(F)(F)C1. The molecule has 1 aromatic carbocycles. The van der Waals surface area contributed by atoms with Crippen molar-refractivity contribution in [1.29, 1.82) is 0 Å². The molecule has 0 radical (unpaired) electrons. The molecule has 0 unspecified atom stereocenters. The monoisotopic (exact) mass is 321 g/mol. The van der Waals surface area contributed by atoms with E-state index in [4.69, 9.17) is 0 Å². The molecule has 0 atom stereocenters. The molecule has 18 heavy (non-hydrogen) atoms. The predicted octanol–water partition coefficient (Wildman–Crippen LogP) is 3.46. The van der Waals surface area contributed by atoms with Crippen LogP contribution in [0, 0.1) is 5.82 Å². The maximum absolute atomic E-state index is 13.2. The zero-order chi connectivity index (χ0) is 13.3. The van der Waals surface area contributed by atoms with E-state index in [-0.39, 0.29) is 22.9 Å². The van der Waals surface area contributed by atoms with Crippen molar-refractivity contribution in [2.45, 2.75) is 18.8 Å². The normalized spacial score (nSPS) is 18.8. The summed E-state index contributed by atoms with van der Waals surface area (Å²) in [5.74, 6) is -3.82. The lowest BCUT2D eigenvalue weighted by Gasteiger charge is -2.32. The van der Waals surface area contributed by atoms with Gasteiger partial charge in [-0.05, 0) is 40.5 Å². The van der Waals surface area contributed by atoms with E-state index in [1.54, 1.807) is 0 Å². The van der Waals surface area contributed by atoms with E-state index in [9.17, 15) is 18.0 Å². The van der Waals surface area contributed by atoms with Gasteiger partial charge in [-0.15, -0.1) is 0 Å². The Kier molecular flexibility index (Phi) is 3.66. The van der Waals surface area contributed by atoms with Gasteiger partial charge in [0, 0.05) is 17.4 Å². The van der Waals surface area contributed by atoms with Crippen molar-refractivity contribution in [3.8, 4) is 0 Å². The first-order valence-corrected chi connectivity index (χ1v) is 6.30. The van der Waals surface area contributed by atoms with Crippen LogP contribution in [0.1, 0.15) is 23.2 Å². The maximum atomic E-state index is 13.2. The highest BCUT2D eigenvalue weighted by Crippen LogP contribution is 2.28. The summed E-state index contributed by atoms with van der Waals surface area (Å²) in [6.45, 7) is -0.270. The van der Waals surface area contributed by atoms with Gasteiger partial charge in [-0.25, -0.2) is 13.2 Å². The summed E-state index contributed by atoms with van der Waals surface area (Å²) in [5.41, 5.74) is 0.203. The number of benzene rings is 1. The van der Waals surface area contributed by atoms with E-state index in [1.807, 2.05) is 0 Å². The average molecular weight is 322 g/mol. The zero-order valence-corrected chi connectivity index (χ0v) is 11.0. The van der Waals surface area contributed by atoms with E-state index < -0.39 is 24.2 Å². The number of likely N-dealkylation sites (tertiary alicyclic amines) is 1. The van der Waals surface area contributed by atoms with Crippen molar-refractivity contribution in [1.82, 2.24) is 4.90 Å². The van der Waals surface area contributed by atoms with Gasteiger partial charge in [0.25, 0.3) is 11.8 Å². The van der Waals surface area contributed by atoms with Gasteiger partial charge in [0.2, 0.25) is 0 Å². The van der Waals surface area contributed by atoms with Crippen LogP contribution < -0.4 is 0 Å². The molecule has 1 amide bonds. The van der Waals surface area contributed by atoms with E-state index in [1.165, 1.54) is 6.07 Å². The first kappa shape index (κ1) is 13.4. The van der Waals surface area contributed by atoms with Crippen molar-refractivity contribution in [3.63, 3.8) is 0 Å². The minimum Gasteiger partial charge on any atom is -0.333 e. The second kappa shape index (κ2) is 4.91. The third-order valence-electron chi connectivity index (χ3n) is 2.84. The molecule has 0 aromatic heterocycles.